The van der Waals surface area contributed by atoms with Gasteiger partial charge >= 0.3 is 0 Å². The van der Waals surface area contributed by atoms with Crippen LogP contribution in [-0.2, 0) is 0 Å². The van der Waals surface area contributed by atoms with Gasteiger partial charge in [0, 0.05) is 12.3 Å². The smallest absolute Gasteiger partial charge is 0.267 e. The largest absolute Gasteiger partial charge is 0.268 e. The fourth-order valence-electron chi connectivity index (χ4n) is 3.63. The van der Waals surface area contributed by atoms with E-state index in [1.54, 1.807) is 6.92 Å². The lowest BCUT2D eigenvalue weighted by atomic mass is 10.1. The molecular weight excluding hydrogens is 397 g/mol. The van der Waals surface area contributed by atoms with E-state index in [4.69, 9.17) is 0 Å². The second kappa shape index (κ2) is 6.24. The molecule has 0 bridgehead atoms. The van der Waals surface area contributed by atoms with E-state index in [1.165, 1.54) is 30.5 Å². The normalized spacial score (nSPS) is 13.4. The molecule has 0 fully saturated rings. The highest BCUT2D eigenvalue weighted by molar-refractivity contribution is 6.37. The Labute approximate surface area is 167 Å². The third-order valence-corrected chi connectivity index (χ3v) is 4.95. The zero-order valence-electron chi connectivity index (χ0n) is 15.4. The first-order valence-electron chi connectivity index (χ1n) is 8.85. The maximum Gasteiger partial charge on any atom is 0.267 e. The summed E-state index contributed by atoms with van der Waals surface area (Å²) in [5.41, 5.74) is 0.205. The van der Waals surface area contributed by atoms with Gasteiger partial charge in [0.1, 0.15) is 17.3 Å². The van der Waals surface area contributed by atoms with Crippen LogP contribution in [0.5, 0.6) is 0 Å². The van der Waals surface area contributed by atoms with Crippen LogP contribution in [-0.4, -0.2) is 26.6 Å². The van der Waals surface area contributed by atoms with Crippen molar-refractivity contribution in [1.29, 1.82) is 0 Å². The Morgan fingerprint density at radius 3 is 2.40 bits per heavy atom. The molecule has 1 aliphatic rings. The highest BCUT2D eigenvalue weighted by Gasteiger charge is 2.41. The summed E-state index contributed by atoms with van der Waals surface area (Å²) in [5.74, 6) is -3.78. The number of pyridine rings is 1. The fraction of sp³-hybridized carbons (Fsp3) is 0.0476. The molecule has 9 heteroatoms. The molecule has 2 aromatic heterocycles. The number of hydrogen-bond donors (Lipinski definition) is 0. The number of benzene rings is 2. The first-order chi connectivity index (χ1) is 14.4. The molecule has 4 aromatic rings. The van der Waals surface area contributed by atoms with Crippen molar-refractivity contribution in [2.24, 2.45) is 0 Å². The summed E-state index contributed by atoms with van der Waals surface area (Å²) in [4.78, 5) is 30.9. The molecule has 1 aliphatic heterocycles. The fourth-order valence-corrected chi connectivity index (χ4v) is 3.63. The van der Waals surface area contributed by atoms with Gasteiger partial charge in [0.05, 0.1) is 27.9 Å². The van der Waals surface area contributed by atoms with Crippen LogP contribution in [0.1, 0.15) is 26.4 Å². The van der Waals surface area contributed by atoms with Gasteiger partial charge in [0.25, 0.3) is 11.8 Å². The maximum absolute atomic E-state index is 14.3. The Balaban J connectivity index is 1.74. The van der Waals surface area contributed by atoms with E-state index in [1.807, 2.05) is 0 Å². The summed E-state index contributed by atoms with van der Waals surface area (Å²) in [5, 5.41) is 4.48. The van der Waals surface area contributed by atoms with Crippen molar-refractivity contribution in [2.45, 2.75) is 6.92 Å². The second-order valence-corrected chi connectivity index (χ2v) is 6.74. The third kappa shape index (κ3) is 2.38. The number of hydrogen-bond acceptors (Lipinski definition) is 4. The first-order valence-corrected chi connectivity index (χ1v) is 8.85. The molecule has 2 aromatic carbocycles. The van der Waals surface area contributed by atoms with Crippen LogP contribution in [0.4, 0.5) is 18.9 Å². The van der Waals surface area contributed by atoms with Crippen LogP contribution in [0.15, 0.2) is 48.7 Å². The molecule has 148 valence electrons. The third-order valence-electron chi connectivity index (χ3n) is 4.95. The minimum Gasteiger partial charge on any atom is -0.268 e. The number of aryl methyl sites for hydroxylation is 1. The van der Waals surface area contributed by atoms with Crippen molar-refractivity contribution in [3.63, 3.8) is 0 Å². The highest BCUT2D eigenvalue weighted by atomic mass is 19.1. The number of aromatic nitrogens is 3. The topological polar surface area (TPSA) is 68.1 Å². The van der Waals surface area contributed by atoms with Crippen molar-refractivity contribution in [2.75, 3.05) is 4.90 Å². The predicted molar refractivity (Wildman–Crippen MR) is 101 cm³/mol. The van der Waals surface area contributed by atoms with Gasteiger partial charge in [0.2, 0.25) is 0 Å². The molecule has 0 saturated carbocycles. The molecule has 0 N–H and O–H groups in total. The molecule has 6 nitrogen and oxygen atoms in total. The number of carbonyl (C=O) groups is 2. The number of fused-ring (bicyclic) bond motifs is 3. The molecule has 0 aliphatic carbocycles. The summed E-state index contributed by atoms with van der Waals surface area (Å²) in [6, 6.07) is 8.41. The number of para-hydroxylation sites is 1. The first kappa shape index (κ1) is 18.0. The van der Waals surface area contributed by atoms with Crippen LogP contribution >= 0.6 is 0 Å². The zero-order valence-corrected chi connectivity index (χ0v) is 15.4. The van der Waals surface area contributed by atoms with Crippen molar-refractivity contribution in [1.82, 2.24) is 14.8 Å². The summed E-state index contributed by atoms with van der Waals surface area (Å²) in [6.45, 7) is 1.58. The average molecular weight is 408 g/mol. The molecule has 2 amide bonds. The predicted octanol–water partition coefficient (Wildman–Crippen LogP) is 3.95. The van der Waals surface area contributed by atoms with Gasteiger partial charge in [-0.1, -0.05) is 12.1 Å². The van der Waals surface area contributed by atoms with Gasteiger partial charge in [-0.05, 0) is 31.2 Å². The molecular formula is C21H11F3N4O2. The van der Waals surface area contributed by atoms with Gasteiger partial charge < -0.3 is 0 Å². The lowest BCUT2D eigenvalue weighted by Gasteiger charge is -2.14. The van der Waals surface area contributed by atoms with Crippen molar-refractivity contribution < 1.29 is 22.8 Å². The Kier molecular flexibility index (Phi) is 3.76. The van der Waals surface area contributed by atoms with Crippen molar-refractivity contribution in [3.8, 4) is 5.69 Å². The van der Waals surface area contributed by atoms with E-state index in [2.05, 4.69) is 10.1 Å². The molecule has 5 rings (SSSR count). The number of rotatable bonds is 2. The number of carbonyl (C=O) groups excluding carboxylic acids is 2. The number of amides is 2. The molecule has 0 saturated heterocycles. The number of imide groups is 1. The minimum absolute atomic E-state index is 0.00187. The minimum atomic E-state index is -0.864. The van der Waals surface area contributed by atoms with Gasteiger partial charge in [0.15, 0.2) is 11.5 Å². The Bertz CT molecular complexity index is 1400. The van der Waals surface area contributed by atoms with E-state index >= 15 is 0 Å². The van der Waals surface area contributed by atoms with Gasteiger partial charge in [-0.3, -0.25) is 9.59 Å². The Morgan fingerprint density at radius 1 is 0.900 bits per heavy atom. The monoisotopic (exact) mass is 408 g/mol. The van der Waals surface area contributed by atoms with Gasteiger partial charge in [-0.2, -0.15) is 5.10 Å². The maximum atomic E-state index is 14.3. The summed E-state index contributed by atoms with van der Waals surface area (Å²) < 4.78 is 43.0. The highest BCUT2D eigenvalue weighted by Crippen LogP contribution is 2.35. The molecule has 0 spiro atoms. The van der Waals surface area contributed by atoms with Crippen LogP contribution < -0.4 is 4.90 Å². The number of anilines is 1. The quantitative estimate of drug-likeness (QED) is 0.471. The molecule has 3 heterocycles. The molecule has 0 unspecified atom stereocenters. The van der Waals surface area contributed by atoms with Crippen molar-refractivity contribution >= 4 is 28.5 Å². The molecule has 30 heavy (non-hydrogen) atoms. The van der Waals surface area contributed by atoms with Crippen LogP contribution in [0.2, 0.25) is 0 Å². The zero-order chi connectivity index (χ0) is 21.2. The van der Waals surface area contributed by atoms with E-state index in [0.29, 0.717) is 11.8 Å². The number of halogens is 3. The van der Waals surface area contributed by atoms with E-state index in [9.17, 15) is 22.8 Å². The van der Waals surface area contributed by atoms with Gasteiger partial charge in [-0.25, -0.2) is 27.7 Å². The lowest BCUT2D eigenvalue weighted by molar-refractivity contribution is 0.0925. The molecule has 0 radical (unpaired) electrons. The summed E-state index contributed by atoms with van der Waals surface area (Å²) in [6.07, 6.45) is 1.18. The summed E-state index contributed by atoms with van der Waals surface area (Å²) >= 11 is 0. The Hall–Kier alpha value is -4.01. The van der Waals surface area contributed by atoms with Crippen molar-refractivity contribution in [3.05, 3.63) is 82.9 Å². The Morgan fingerprint density at radius 2 is 1.67 bits per heavy atom. The standard InChI is InChI=1S/C21H11F3N4O2/c1-10-17-18-12(20(29)27(21(18)30)15-5-3-2-4-13(15)23)9-25-19(17)28(26-10)16-7-6-11(22)8-14(16)24/h2-9H,1H3. The van der Waals surface area contributed by atoms with E-state index in [0.717, 1.165) is 21.7 Å². The van der Waals surface area contributed by atoms with E-state index < -0.39 is 29.3 Å². The van der Waals surface area contributed by atoms with Crippen LogP contribution in [0.3, 0.4) is 0 Å². The SMILES string of the molecule is Cc1nn(-c2ccc(F)cc2F)c2ncc3c(c12)C(=O)N(c1ccccc1F)C3=O. The van der Waals surface area contributed by atoms with Crippen LogP contribution in [0, 0.1) is 24.4 Å². The second-order valence-electron chi connectivity index (χ2n) is 6.74. The van der Waals surface area contributed by atoms with Gasteiger partial charge in [-0.15, -0.1) is 0 Å². The average Bonchev–Trinajstić information content (AvgIpc) is 3.17. The molecule has 0 atom stereocenters. The lowest BCUT2D eigenvalue weighted by Crippen LogP contribution is -2.30. The summed E-state index contributed by atoms with van der Waals surface area (Å²) in [7, 11) is 0. The van der Waals surface area contributed by atoms with Crippen LogP contribution in [0.25, 0.3) is 16.7 Å². The number of nitrogens with zero attached hydrogens (tertiary/aromatic N) is 4. The van der Waals surface area contributed by atoms with E-state index in [-0.39, 0.29) is 33.5 Å².